The Kier molecular flexibility index (Phi) is 4.31. The molecule has 1 heterocycles. The van der Waals surface area contributed by atoms with Gasteiger partial charge < -0.3 is 4.57 Å². The number of carbonyl (C=O) groups excluding carboxylic acids is 1. The Labute approximate surface area is 125 Å². The average molecular weight is 287 g/mol. The quantitative estimate of drug-likeness (QED) is 0.769. The molecule has 112 valence electrons. The third kappa shape index (κ3) is 3.41. The van der Waals surface area contributed by atoms with E-state index in [1.54, 1.807) is 0 Å². The summed E-state index contributed by atoms with van der Waals surface area (Å²) >= 11 is 0. The topological polar surface area (TPSA) is 22.0 Å². The zero-order valence-electron chi connectivity index (χ0n) is 13.1. The van der Waals surface area contributed by atoms with Gasteiger partial charge in [-0.05, 0) is 37.1 Å². The van der Waals surface area contributed by atoms with Crippen LogP contribution < -0.4 is 0 Å². The molecule has 0 fully saturated rings. The molecule has 0 saturated carbocycles. The molecule has 0 radical (unpaired) electrons. The van der Waals surface area contributed by atoms with Crippen molar-refractivity contribution in [2.75, 3.05) is 0 Å². The number of aryl methyl sites for hydroxylation is 2. The first kappa shape index (κ1) is 15.5. The summed E-state index contributed by atoms with van der Waals surface area (Å²) in [5.41, 5.74) is 3.92. The Morgan fingerprint density at radius 1 is 1.19 bits per heavy atom. The van der Waals surface area contributed by atoms with E-state index in [0.717, 1.165) is 41.8 Å². The summed E-state index contributed by atoms with van der Waals surface area (Å²) in [5, 5.41) is 0. The Bertz CT molecular complexity index is 632. The van der Waals surface area contributed by atoms with Crippen LogP contribution in [0.2, 0.25) is 0 Å². The fraction of sp³-hybridized carbons (Fsp3) is 0.389. The number of aromatic nitrogens is 1. The minimum Gasteiger partial charge on any atom is -0.347 e. The largest absolute Gasteiger partial charge is 0.347 e. The van der Waals surface area contributed by atoms with Crippen LogP contribution in [0.15, 0.2) is 30.3 Å². The van der Waals surface area contributed by atoms with Gasteiger partial charge in [-0.15, -0.1) is 0 Å². The molecule has 0 aliphatic carbocycles. The number of rotatable bonds is 4. The third-order valence-corrected chi connectivity index (χ3v) is 3.71. The Morgan fingerprint density at radius 2 is 1.81 bits per heavy atom. The summed E-state index contributed by atoms with van der Waals surface area (Å²) in [4.78, 5) is 11.3. The van der Waals surface area contributed by atoms with Crippen molar-refractivity contribution in [3.8, 4) is 0 Å². The molecule has 2 nitrogen and oxygen atoms in total. The summed E-state index contributed by atoms with van der Waals surface area (Å²) in [6.07, 6.45) is 1.75. The normalized spacial score (nSPS) is 11.7. The molecule has 0 bridgehead atoms. The van der Waals surface area contributed by atoms with Crippen molar-refractivity contribution in [3.05, 3.63) is 58.7 Å². The average Bonchev–Trinajstić information content (AvgIpc) is 2.74. The zero-order valence-corrected chi connectivity index (χ0v) is 13.1. The first-order valence-corrected chi connectivity index (χ1v) is 7.23. The molecular formula is C18H22FNO. The van der Waals surface area contributed by atoms with E-state index in [1.165, 1.54) is 12.1 Å². The van der Waals surface area contributed by atoms with Crippen LogP contribution in [0.5, 0.6) is 0 Å². The molecule has 21 heavy (non-hydrogen) atoms. The van der Waals surface area contributed by atoms with Crippen LogP contribution in [0.4, 0.5) is 4.39 Å². The van der Waals surface area contributed by atoms with Crippen LogP contribution in [-0.2, 0) is 18.4 Å². The Hall–Kier alpha value is -1.90. The van der Waals surface area contributed by atoms with Gasteiger partial charge in [-0.2, -0.15) is 0 Å². The van der Waals surface area contributed by atoms with Crippen LogP contribution in [0, 0.1) is 12.7 Å². The monoisotopic (exact) mass is 287 g/mol. The van der Waals surface area contributed by atoms with Crippen LogP contribution in [0.3, 0.4) is 0 Å². The van der Waals surface area contributed by atoms with Crippen molar-refractivity contribution >= 4 is 6.29 Å². The second kappa shape index (κ2) is 5.84. The highest BCUT2D eigenvalue weighted by Crippen LogP contribution is 2.28. The first-order chi connectivity index (χ1) is 9.82. The lowest BCUT2D eigenvalue weighted by molar-refractivity contribution is 0.112. The van der Waals surface area contributed by atoms with Gasteiger partial charge in [0.2, 0.25) is 0 Å². The molecular weight excluding hydrogens is 265 g/mol. The SMILES string of the molecule is Cc1cc(C=O)c(C(C)(C)C)n1CCc1ccc(F)cc1. The number of hydrogen-bond acceptors (Lipinski definition) is 1. The summed E-state index contributed by atoms with van der Waals surface area (Å²) < 4.78 is 15.1. The van der Waals surface area contributed by atoms with Gasteiger partial charge in [0.05, 0.1) is 0 Å². The smallest absolute Gasteiger partial charge is 0.151 e. The minimum atomic E-state index is -0.213. The van der Waals surface area contributed by atoms with Crippen LogP contribution in [-0.4, -0.2) is 10.9 Å². The van der Waals surface area contributed by atoms with Gasteiger partial charge in [-0.3, -0.25) is 4.79 Å². The summed E-state index contributed by atoms with van der Waals surface area (Å²) in [6, 6.07) is 8.54. The molecule has 0 aliphatic heterocycles. The van der Waals surface area contributed by atoms with E-state index in [2.05, 4.69) is 25.3 Å². The number of nitrogens with zero attached hydrogens (tertiary/aromatic N) is 1. The van der Waals surface area contributed by atoms with Gasteiger partial charge in [-0.25, -0.2) is 4.39 Å². The van der Waals surface area contributed by atoms with E-state index in [0.29, 0.717) is 0 Å². The summed E-state index contributed by atoms with van der Waals surface area (Å²) in [6.45, 7) is 9.15. The van der Waals surface area contributed by atoms with Gasteiger partial charge in [-0.1, -0.05) is 32.9 Å². The van der Waals surface area contributed by atoms with E-state index in [1.807, 2.05) is 25.1 Å². The second-order valence-electron chi connectivity index (χ2n) is 6.49. The van der Waals surface area contributed by atoms with E-state index in [9.17, 15) is 9.18 Å². The van der Waals surface area contributed by atoms with Gasteiger partial charge in [0.1, 0.15) is 5.82 Å². The van der Waals surface area contributed by atoms with Gasteiger partial charge in [0.15, 0.2) is 6.29 Å². The minimum absolute atomic E-state index is 0.0900. The molecule has 0 aliphatic rings. The van der Waals surface area contributed by atoms with Crippen molar-refractivity contribution in [1.29, 1.82) is 0 Å². The fourth-order valence-corrected chi connectivity index (χ4v) is 2.81. The van der Waals surface area contributed by atoms with Crippen molar-refractivity contribution in [2.45, 2.75) is 46.1 Å². The molecule has 3 heteroatoms. The molecule has 0 spiro atoms. The maximum absolute atomic E-state index is 12.9. The maximum atomic E-state index is 12.9. The second-order valence-corrected chi connectivity index (χ2v) is 6.49. The van der Waals surface area contributed by atoms with E-state index < -0.39 is 0 Å². The van der Waals surface area contributed by atoms with Crippen molar-refractivity contribution < 1.29 is 9.18 Å². The maximum Gasteiger partial charge on any atom is 0.151 e. The molecule has 1 aromatic carbocycles. The predicted octanol–water partition coefficient (Wildman–Crippen LogP) is 4.29. The van der Waals surface area contributed by atoms with Crippen molar-refractivity contribution in [2.24, 2.45) is 0 Å². The number of aldehydes is 1. The number of carbonyl (C=O) groups is 1. The Morgan fingerprint density at radius 3 is 2.33 bits per heavy atom. The van der Waals surface area contributed by atoms with Gasteiger partial charge in [0, 0.05) is 28.9 Å². The highest BCUT2D eigenvalue weighted by molar-refractivity contribution is 5.78. The highest BCUT2D eigenvalue weighted by atomic mass is 19.1. The van der Waals surface area contributed by atoms with E-state index >= 15 is 0 Å². The fourth-order valence-electron chi connectivity index (χ4n) is 2.81. The van der Waals surface area contributed by atoms with Gasteiger partial charge >= 0.3 is 0 Å². The van der Waals surface area contributed by atoms with Gasteiger partial charge in [0.25, 0.3) is 0 Å². The number of halogens is 1. The summed E-state index contributed by atoms with van der Waals surface area (Å²) in [5.74, 6) is -0.213. The molecule has 0 N–H and O–H groups in total. The molecule has 1 aromatic heterocycles. The highest BCUT2D eigenvalue weighted by Gasteiger charge is 2.23. The number of hydrogen-bond donors (Lipinski definition) is 0. The first-order valence-electron chi connectivity index (χ1n) is 7.23. The van der Waals surface area contributed by atoms with Crippen LogP contribution in [0.1, 0.15) is 48.1 Å². The van der Waals surface area contributed by atoms with Crippen LogP contribution in [0.25, 0.3) is 0 Å². The lowest BCUT2D eigenvalue weighted by atomic mass is 9.89. The van der Waals surface area contributed by atoms with Crippen molar-refractivity contribution in [1.82, 2.24) is 4.57 Å². The zero-order chi connectivity index (χ0) is 15.6. The lowest BCUT2D eigenvalue weighted by Gasteiger charge is -2.24. The Balaban J connectivity index is 2.29. The number of benzene rings is 1. The standard InChI is InChI=1S/C18H22FNO/c1-13-11-15(12-21)17(18(2,3)4)20(13)10-9-14-5-7-16(19)8-6-14/h5-8,11-12H,9-10H2,1-4H3. The summed E-state index contributed by atoms with van der Waals surface area (Å²) in [7, 11) is 0. The predicted molar refractivity (Wildman–Crippen MR) is 83.4 cm³/mol. The third-order valence-electron chi connectivity index (χ3n) is 3.71. The van der Waals surface area contributed by atoms with E-state index in [-0.39, 0.29) is 11.2 Å². The molecule has 0 saturated heterocycles. The lowest BCUT2D eigenvalue weighted by Crippen LogP contribution is -2.21. The van der Waals surface area contributed by atoms with Crippen LogP contribution >= 0.6 is 0 Å². The molecule has 2 aromatic rings. The van der Waals surface area contributed by atoms with E-state index in [4.69, 9.17) is 0 Å². The molecule has 0 amide bonds. The molecule has 0 atom stereocenters. The molecule has 2 rings (SSSR count). The molecule has 0 unspecified atom stereocenters. The van der Waals surface area contributed by atoms with Crippen molar-refractivity contribution in [3.63, 3.8) is 0 Å².